The molecule has 2 aromatic rings. The smallest absolute Gasteiger partial charge is 0.231 e. The van der Waals surface area contributed by atoms with Crippen LogP contribution in [0.4, 0.5) is 5.69 Å². The van der Waals surface area contributed by atoms with Gasteiger partial charge in [0.2, 0.25) is 6.79 Å². The van der Waals surface area contributed by atoms with Gasteiger partial charge in [0.05, 0.1) is 5.69 Å². The quantitative estimate of drug-likeness (QED) is 0.771. The molecule has 3 rings (SSSR count). The normalized spacial score (nSPS) is 13.2. The molecule has 19 heavy (non-hydrogen) atoms. The van der Waals surface area contributed by atoms with Crippen molar-refractivity contribution >= 4 is 23.5 Å². The van der Waals surface area contributed by atoms with Crippen LogP contribution in [-0.2, 0) is 0 Å². The Morgan fingerprint density at radius 2 is 2.00 bits per heavy atom. The summed E-state index contributed by atoms with van der Waals surface area (Å²) >= 11 is 6.06. The van der Waals surface area contributed by atoms with Crippen molar-refractivity contribution in [1.82, 2.24) is 0 Å². The minimum Gasteiger partial charge on any atom is -0.454 e. The molecule has 0 N–H and O–H groups in total. The van der Waals surface area contributed by atoms with Gasteiger partial charge in [-0.25, -0.2) is 0 Å². The van der Waals surface area contributed by atoms with Crippen LogP contribution in [0.15, 0.2) is 41.4 Å². The summed E-state index contributed by atoms with van der Waals surface area (Å²) in [5.41, 5.74) is 2.80. The van der Waals surface area contributed by atoms with Gasteiger partial charge in [0.25, 0.3) is 0 Å². The van der Waals surface area contributed by atoms with Gasteiger partial charge in [-0.05, 0) is 48.4 Å². The minimum atomic E-state index is 0.281. The number of hydrogen-bond donors (Lipinski definition) is 0. The molecule has 0 unspecified atom stereocenters. The molecule has 96 valence electrons. The Bertz CT molecular complexity index is 653. The SMILES string of the molecule is Cc1c(Cl)cccc1N=Cc1ccc2c(c1)OCO2. The Balaban J connectivity index is 1.88. The van der Waals surface area contributed by atoms with E-state index in [1.807, 2.05) is 43.3 Å². The van der Waals surface area contributed by atoms with E-state index in [0.717, 1.165) is 33.3 Å². The maximum Gasteiger partial charge on any atom is 0.231 e. The van der Waals surface area contributed by atoms with E-state index in [0.29, 0.717) is 0 Å². The summed E-state index contributed by atoms with van der Waals surface area (Å²) in [6.45, 7) is 2.23. The second-order valence-corrected chi connectivity index (χ2v) is 4.66. The molecular weight excluding hydrogens is 262 g/mol. The topological polar surface area (TPSA) is 30.8 Å². The number of rotatable bonds is 2. The van der Waals surface area contributed by atoms with Crippen LogP contribution in [0.2, 0.25) is 5.02 Å². The van der Waals surface area contributed by atoms with Crippen molar-refractivity contribution in [3.8, 4) is 11.5 Å². The molecule has 0 fully saturated rings. The lowest BCUT2D eigenvalue weighted by Crippen LogP contribution is -1.92. The Morgan fingerprint density at radius 1 is 1.16 bits per heavy atom. The minimum absolute atomic E-state index is 0.281. The summed E-state index contributed by atoms with van der Waals surface area (Å²) in [5, 5.41) is 0.723. The van der Waals surface area contributed by atoms with Crippen LogP contribution >= 0.6 is 11.6 Å². The third-order valence-electron chi connectivity index (χ3n) is 2.99. The average Bonchev–Trinajstić information content (AvgIpc) is 2.88. The fourth-order valence-corrected chi connectivity index (χ4v) is 2.04. The van der Waals surface area contributed by atoms with Gasteiger partial charge in [-0.15, -0.1) is 0 Å². The zero-order valence-electron chi connectivity index (χ0n) is 10.4. The molecule has 0 radical (unpaired) electrons. The van der Waals surface area contributed by atoms with Gasteiger partial charge in [-0.1, -0.05) is 17.7 Å². The highest BCUT2D eigenvalue weighted by molar-refractivity contribution is 6.31. The third-order valence-corrected chi connectivity index (χ3v) is 3.40. The number of fused-ring (bicyclic) bond motifs is 1. The molecule has 0 amide bonds. The van der Waals surface area contributed by atoms with Crippen LogP contribution in [-0.4, -0.2) is 13.0 Å². The van der Waals surface area contributed by atoms with E-state index in [1.54, 1.807) is 6.21 Å². The zero-order valence-corrected chi connectivity index (χ0v) is 11.1. The fraction of sp³-hybridized carbons (Fsp3) is 0.133. The molecule has 0 aliphatic carbocycles. The number of benzene rings is 2. The number of ether oxygens (including phenoxy) is 2. The summed E-state index contributed by atoms with van der Waals surface area (Å²) in [7, 11) is 0. The Morgan fingerprint density at radius 3 is 2.89 bits per heavy atom. The summed E-state index contributed by atoms with van der Waals surface area (Å²) in [6.07, 6.45) is 1.79. The summed E-state index contributed by atoms with van der Waals surface area (Å²) in [6, 6.07) is 11.4. The number of aliphatic imine (C=N–C) groups is 1. The largest absolute Gasteiger partial charge is 0.454 e. The average molecular weight is 274 g/mol. The van der Waals surface area contributed by atoms with Crippen LogP contribution in [0.5, 0.6) is 11.5 Å². The van der Waals surface area contributed by atoms with E-state index < -0.39 is 0 Å². The van der Waals surface area contributed by atoms with E-state index in [1.165, 1.54) is 0 Å². The van der Waals surface area contributed by atoms with E-state index in [2.05, 4.69) is 4.99 Å². The number of nitrogens with zero attached hydrogens (tertiary/aromatic N) is 1. The van der Waals surface area contributed by atoms with Gasteiger partial charge in [-0.3, -0.25) is 4.99 Å². The molecule has 1 heterocycles. The highest BCUT2D eigenvalue weighted by atomic mass is 35.5. The third kappa shape index (κ3) is 2.42. The van der Waals surface area contributed by atoms with Crippen LogP contribution in [0, 0.1) is 6.92 Å². The molecule has 0 spiro atoms. The first kappa shape index (κ1) is 12.1. The van der Waals surface area contributed by atoms with Crippen LogP contribution < -0.4 is 9.47 Å². The first-order chi connectivity index (χ1) is 9.24. The maximum atomic E-state index is 6.06. The second kappa shape index (κ2) is 4.94. The van der Waals surface area contributed by atoms with E-state index in [4.69, 9.17) is 21.1 Å². The van der Waals surface area contributed by atoms with Gasteiger partial charge < -0.3 is 9.47 Å². The van der Waals surface area contributed by atoms with Crippen molar-refractivity contribution < 1.29 is 9.47 Å². The Kier molecular flexibility index (Phi) is 3.13. The van der Waals surface area contributed by atoms with Gasteiger partial charge in [0.1, 0.15) is 0 Å². The highest BCUT2D eigenvalue weighted by Crippen LogP contribution is 2.32. The van der Waals surface area contributed by atoms with Crippen molar-refractivity contribution in [1.29, 1.82) is 0 Å². The highest BCUT2D eigenvalue weighted by Gasteiger charge is 2.12. The van der Waals surface area contributed by atoms with Crippen LogP contribution in [0.3, 0.4) is 0 Å². The van der Waals surface area contributed by atoms with Crippen molar-refractivity contribution in [2.75, 3.05) is 6.79 Å². The first-order valence-corrected chi connectivity index (χ1v) is 6.31. The van der Waals surface area contributed by atoms with Gasteiger partial charge in [0, 0.05) is 11.2 Å². The number of hydrogen-bond acceptors (Lipinski definition) is 3. The molecule has 4 heteroatoms. The van der Waals surface area contributed by atoms with Gasteiger partial charge in [-0.2, -0.15) is 0 Å². The number of halogens is 1. The van der Waals surface area contributed by atoms with Gasteiger partial charge in [0.15, 0.2) is 11.5 Å². The zero-order chi connectivity index (χ0) is 13.2. The molecule has 0 aromatic heterocycles. The maximum absolute atomic E-state index is 6.06. The molecular formula is C15H12ClNO2. The van der Waals surface area contributed by atoms with Crippen molar-refractivity contribution in [3.05, 3.63) is 52.5 Å². The second-order valence-electron chi connectivity index (χ2n) is 4.25. The molecule has 2 aromatic carbocycles. The molecule has 0 saturated heterocycles. The molecule has 1 aliphatic rings. The van der Waals surface area contributed by atoms with E-state index >= 15 is 0 Å². The van der Waals surface area contributed by atoms with Crippen molar-refractivity contribution in [3.63, 3.8) is 0 Å². The lowest BCUT2D eigenvalue weighted by molar-refractivity contribution is 0.174. The van der Waals surface area contributed by atoms with E-state index in [-0.39, 0.29) is 6.79 Å². The van der Waals surface area contributed by atoms with Crippen LogP contribution in [0.25, 0.3) is 0 Å². The summed E-state index contributed by atoms with van der Waals surface area (Å²) in [5.74, 6) is 1.53. The fourth-order valence-electron chi connectivity index (χ4n) is 1.87. The predicted molar refractivity (Wildman–Crippen MR) is 76.0 cm³/mol. The van der Waals surface area contributed by atoms with Gasteiger partial charge >= 0.3 is 0 Å². The van der Waals surface area contributed by atoms with Crippen LogP contribution in [0.1, 0.15) is 11.1 Å². The summed E-state index contributed by atoms with van der Waals surface area (Å²) < 4.78 is 10.6. The standard InChI is InChI=1S/C15H12ClNO2/c1-10-12(16)3-2-4-13(10)17-8-11-5-6-14-15(7-11)19-9-18-14/h2-8H,9H2,1H3. The monoisotopic (exact) mass is 273 g/mol. The Labute approximate surface area is 116 Å². The lowest BCUT2D eigenvalue weighted by Gasteiger charge is -2.02. The summed E-state index contributed by atoms with van der Waals surface area (Å²) in [4.78, 5) is 4.46. The van der Waals surface area contributed by atoms with Crippen molar-refractivity contribution in [2.24, 2.45) is 4.99 Å². The van der Waals surface area contributed by atoms with E-state index in [9.17, 15) is 0 Å². The predicted octanol–water partition coefficient (Wildman–Crippen LogP) is 4.13. The molecule has 1 aliphatic heterocycles. The Hall–Kier alpha value is -2.00. The molecule has 3 nitrogen and oxygen atoms in total. The molecule has 0 atom stereocenters. The molecule has 0 saturated carbocycles. The molecule has 0 bridgehead atoms. The first-order valence-electron chi connectivity index (χ1n) is 5.93. The lowest BCUT2D eigenvalue weighted by atomic mass is 10.2. The van der Waals surface area contributed by atoms with Crippen molar-refractivity contribution in [2.45, 2.75) is 6.92 Å².